The van der Waals surface area contributed by atoms with Crippen molar-refractivity contribution in [3.63, 3.8) is 0 Å². The Balaban J connectivity index is 1.71. The first-order chi connectivity index (χ1) is 15.0. The maximum atomic E-state index is 12.5. The van der Waals surface area contributed by atoms with Crippen LogP contribution in [0.4, 0.5) is 16.2 Å². The van der Waals surface area contributed by atoms with E-state index in [1.807, 2.05) is 31.2 Å². The molecule has 0 bridgehead atoms. The SMILES string of the molecule is CCC(=O)c1cc(NC(=O)Nc2cccc(OC)c2)ccc1OCc1ccc(C)cc1. The Morgan fingerprint density at radius 3 is 2.29 bits per heavy atom. The fraction of sp³-hybridized carbons (Fsp3) is 0.200. The van der Waals surface area contributed by atoms with Gasteiger partial charge in [-0.3, -0.25) is 4.79 Å². The van der Waals surface area contributed by atoms with Gasteiger partial charge < -0.3 is 20.1 Å². The van der Waals surface area contributed by atoms with Gasteiger partial charge in [-0.25, -0.2) is 4.79 Å². The van der Waals surface area contributed by atoms with Crippen molar-refractivity contribution in [3.8, 4) is 11.5 Å². The van der Waals surface area contributed by atoms with Gasteiger partial charge in [0.15, 0.2) is 5.78 Å². The molecular weight excluding hydrogens is 392 g/mol. The third-order valence-electron chi connectivity index (χ3n) is 4.70. The predicted octanol–water partition coefficient (Wildman–Crippen LogP) is 5.82. The molecule has 0 radical (unpaired) electrons. The molecule has 6 heteroatoms. The summed E-state index contributed by atoms with van der Waals surface area (Å²) < 4.78 is 11.1. The van der Waals surface area contributed by atoms with Gasteiger partial charge in [-0.1, -0.05) is 42.8 Å². The van der Waals surface area contributed by atoms with E-state index in [9.17, 15) is 9.59 Å². The highest BCUT2D eigenvalue weighted by Gasteiger charge is 2.14. The molecule has 0 atom stereocenters. The summed E-state index contributed by atoms with van der Waals surface area (Å²) in [5.74, 6) is 1.07. The Kier molecular flexibility index (Phi) is 7.27. The van der Waals surface area contributed by atoms with Crippen molar-refractivity contribution in [2.45, 2.75) is 26.9 Å². The first-order valence-electron chi connectivity index (χ1n) is 10.1. The molecule has 6 nitrogen and oxygen atoms in total. The minimum Gasteiger partial charge on any atom is -0.497 e. The van der Waals surface area contributed by atoms with Crippen LogP contribution in [0.5, 0.6) is 11.5 Å². The third-order valence-corrected chi connectivity index (χ3v) is 4.70. The summed E-state index contributed by atoms with van der Waals surface area (Å²) in [6.07, 6.45) is 0.334. The molecule has 0 heterocycles. The maximum absolute atomic E-state index is 12.5. The van der Waals surface area contributed by atoms with E-state index in [0.29, 0.717) is 41.5 Å². The van der Waals surface area contributed by atoms with E-state index >= 15 is 0 Å². The number of hydrogen-bond donors (Lipinski definition) is 2. The van der Waals surface area contributed by atoms with Crippen molar-refractivity contribution in [2.24, 2.45) is 0 Å². The van der Waals surface area contributed by atoms with Crippen LogP contribution in [0, 0.1) is 6.92 Å². The van der Waals surface area contributed by atoms with Crippen molar-refractivity contribution in [3.05, 3.63) is 83.4 Å². The molecule has 3 rings (SSSR count). The molecule has 0 aromatic heterocycles. The first kappa shape index (κ1) is 21.9. The van der Waals surface area contributed by atoms with E-state index in [2.05, 4.69) is 10.6 Å². The predicted molar refractivity (Wildman–Crippen MR) is 122 cm³/mol. The van der Waals surface area contributed by atoms with E-state index in [4.69, 9.17) is 9.47 Å². The summed E-state index contributed by atoms with van der Waals surface area (Å²) in [6, 6.07) is 19.7. The van der Waals surface area contributed by atoms with Crippen LogP contribution in [0.2, 0.25) is 0 Å². The quantitative estimate of drug-likeness (QED) is 0.452. The van der Waals surface area contributed by atoms with Gasteiger partial charge in [0, 0.05) is 23.9 Å². The Hall–Kier alpha value is -3.80. The molecule has 2 N–H and O–H groups in total. The molecule has 31 heavy (non-hydrogen) atoms. The Bertz CT molecular complexity index is 1060. The number of carbonyl (C=O) groups is 2. The number of anilines is 2. The van der Waals surface area contributed by atoms with Crippen molar-refractivity contribution in [2.75, 3.05) is 17.7 Å². The van der Waals surface area contributed by atoms with Crippen molar-refractivity contribution < 1.29 is 19.1 Å². The average Bonchev–Trinajstić information content (AvgIpc) is 2.78. The standard InChI is InChI=1S/C25H26N2O4/c1-4-23(28)22-15-20(27-25(29)26-19-6-5-7-21(14-19)30-3)12-13-24(22)31-16-18-10-8-17(2)9-11-18/h5-15H,4,16H2,1-3H3,(H2,26,27,29). The highest BCUT2D eigenvalue weighted by molar-refractivity contribution is 6.03. The van der Waals surface area contributed by atoms with Crippen LogP contribution in [-0.4, -0.2) is 18.9 Å². The lowest BCUT2D eigenvalue weighted by molar-refractivity contribution is 0.0983. The van der Waals surface area contributed by atoms with Crippen molar-refractivity contribution in [1.82, 2.24) is 0 Å². The van der Waals surface area contributed by atoms with Crippen LogP contribution < -0.4 is 20.1 Å². The van der Waals surface area contributed by atoms with E-state index in [-0.39, 0.29) is 5.78 Å². The zero-order valence-electron chi connectivity index (χ0n) is 17.9. The van der Waals surface area contributed by atoms with Crippen molar-refractivity contribution in [1.29, 1.82) is 0 Å². The fourth-order valence-electron chi connectivity index (χ4n) is 2.98. The van der Waals surface area contributed by atoms with Crippen LogP contribution >= 0.6 is 0 Å². The maximum Gasteiger partial charge on any atom is 0.323 e. The van der Waals surface area contributed by atoms with Crippen molar-refractivity contribution >= 4 is 23.2 Å². The highest BCUT2D eigenvalue weighted by atomic mass is 16.5. The number of benzene rings is 3. The Morgan fingerprint density at radius 1 is 0.903 bits per heavy atom. The third kappa shape index (κ3) is 6.09. The lowest BCUT2D eigenvalue weighted by Gasteiger charge is -2.14. The number of rotatable bonds is 8. The van der Waals surface area contributed by atoms with Crippen LogP contribution in [0.15, 0.2) is 66.7 Å². The molecule has 0 aliphatic heterocycles. The summed E-state index contributed by atoms with van der Waals surface area (Å²) >= 11 is 0. The number of nitrogens with one attached hydrogen (secondary N) is 2. The normalized spacial score (nSPS) is 10.3. The number of methoxy groups -OCH3 is 1. The smallest absolute Gasteiger partial charge is 0.323 e. The fourth-order valence-corrected chi connectivity index (χ4v) is 2.98. The number of hydrogen-bond acceptors (Lipinski definition) is 4. The monoisotopic (exact) mass is 418 g/mol. The second kappa shape index (κ2) is 10.3. The number of urea groups is 1. The van der Waals surface area contributed by atoms with Gasteiger partial charge in [-0.15, -0.1) is 0 Å². The minimum atomic E-state index is -0.420. The van der Waals surface area contributed by atoms with E-state index in [0.717, 1.165) is 5.56 Å². The molecule has 3 aromatic carbocycles. The molecule has 160 valence electrons. The summed E-state index contributed by atoms with van der Waals surface area (Å²) in [5.41, 5.74) is 3.72. The summed E-state index contributed by atoms with van der Waals surface area (Å²) in [7, 11) is 1.56. The van der Waals surface area contributed by atoms with Crippen LogP contribution in [0.1, 0.15) is 34.8 Å². The molecule has 2 amide bonds. The highest BCUT2D eigenvalue weighted by Crippen LogP contribution is 2.26. The van der Waals surface area contributed by atoms with Gasteiger partial charge in [0.25, 0.3) is 0 Å². The number of aryl methyl sites for hydroxylation is 1. The lowest BCUT2D eigenvalue weighted by Crippen LogP contribution is -2.19. The number of amides is 2. The summed E-state index contributed by atoms with van der Waals surface area (Å²) in [6.45, 7) is 4.17. The number of carbonyl (C=O) groups excluding carboxylic acids is 2. The van der Waals surface area contributed by atoms with Gasteiger partial charge in [0.2, 0.25) is 0 Å². The van der Waals surface area contributed by atoms with Crippen LogP contribution in [0.25, 0.3) is 0 Å². The molecule has 0 saturated carbocycles. The molecule has 0 unspecified atom stereocenters. The topological polar surface area (TPSA) is 76.7 Å². The second-order valence-electron chi connectivity index (χ2n) is 7.07. The van der Waals surface area contributed by atoms with Gasteiger partial charge in [-0.05, 0) is 42.8 Å². The molecule has 0 saturated heterocycles. The molecule has 0 aliphatic rings. The molecule has 0 aliphatic carbocycles. The van der Waals surface area contributed by atoms with E-state index in [1.54, 1.807) is 56.5 Å². The summed E-state index contributed by atoms with van der Waals surface area (Å²) in [4.78, 5) is 24.8. The molecule has 0 spiro atoms. The average molecular weight is 418 g/mol. The van der Waals surface area contributed by atoms with E-state index in [1.165, 1.54) is 5.56 Å². The number of Topliss-reactive ketones (excluding diaryl/α,β-unsaturated/α-hetero) is 1. The van der Waals surface area contributed by atoms with Crippen LogP contribution in [0.3, 0.4) is 0 Å². The molecule has 0 fully saturated rings. The van der Waals surface area contributed by atoms with Gasteiger partial charge in [0.1, 0.15) is 18.1 Å². The van der Waals surface area contributed by atoms with Gasteiger partial charge in [0.05, 0.1) is 12.7 Å². The lowest BCUT2D eigenvalue weighted by atomic mass is 10.1. The van der Waals surface area contributed by atoms with E-state index < -0.39 is 6.03 Å². The number of ketones is 1. The second-order valence-corrected chi connectivity index (χ2v) is 7.07. The van der Waals surface area contributed by atoms with Gasteiger partial charge in [-0.2, -0.15) is 0 Å². The van der Waals surface area contributed by atoms with Crippen LogP contribution in [-0.2, 0) is 6.61 Å². The molecule has 3 aromatic rings. The Labute approximate surface area is 182 Å². The zero-order chi connectivity index (χ0) is 22.2. The number of ether oxygens (including phenoxy) is 2. The summed E-state index contributed by atoms with van der Waals surface area (Å²) in [5, 5.41) is 5.50. The zero-order valence-corrected chi connectivity index (χ0v) is 17.9. The first-order valence-corrected chi connectivity index (χ1v) is 10.1. The Morgan fingerprint density at radius 2 is 1.61 bits per heavy atom. The minimum absolute atomic E-state index is 0.0595. The largest absolute Gasteiger partial charge is 0.497 e. The van der Waals surface area contributed by atoms with Gasteiger partial charge >= 0.3 is 6.03 Å². The molecular formula is C25H26N2O4.